The van der Waals surface area contributed by atoms with Crippen LogP contribution in [0.3, 0.4) is 0 Å². The van der Waals surface area contributed by atoms with Crippen LogP contribution in [0.2, 0.25) is 0 Å². The van der Waals surface area contributed by atoms with E-state index in [1.165, 1.54) is 10.8 Å². The van der Waals surface area contributed by atoms with E-state index >= 15 is 0 Å². The monoisotopic (exact) mass is 308 g/mol. The third-order valence-corrected chi connectivity index (χ3v) is 4.92. The molecule has 23 heavy (non-hydrogen) atoms. The van der Waals surface area contributed by atoms with Crippen molar-refractivity contribution in [2.75, 3.05) is 19.7 Å². The Morgan fingerprint density at radius 3 is 2.70 bits per heavy atom. The number of likely N-dealkylation sites (tertiary alicyclic amines) is 1. The maximum absolute atomic E-state index is 12.7. The van der Waals surface area contributed by atoms with Gasteiger partial charge in [0.1, 0.15) is 5.69 Å². The first kappa shape index (κ1) is 14.3. The van der Waals surface area contributed by atoms with E-state index in [9.17, 15) is 9.90 Å². The maximum Gasteiger partial charge on any atom is 0.270 e. The smallest absolute Gasteiger partial charge is 0.270 e. The van der Waals surface area contributed by atoms with Crippen LogP contribution in [0.4, 0.5) is 0 Å². The summed E-state index contributed by atoms with van der Waals surface area (Å²) in [4.78, 5) is 17.9. The number of aromatic amines is 1. The third-order valence-electron chi connectivity index (χ3n) is 4.92. The lowest BCUT2D eigenvalue weighted by Gasteiger charge is -2.30. The molecule has 4 nitrogen and oxygen atoms in total. The molecule has 2 N–H and O–H groups in total. The van der Waals surface area contributed by atoms with Gasteiger partial charge in [-0.05, 0) is 41.7 Å². The van der Waals surface area contributed by atoms with Gasteiger partial charge < -0.3 is 15.0 Å². The van der Waals surface area contributed by atoms with Crippen molar-refractivity contribution in [1.82, 2.24) is 9.88 Å². The number of amides is 1. The molecule has 0 unspecified atom stereocenters. The highest BCUT2D eigenvalue weighted by Gasteiger charge is 2.24. The fourth-order valence-electron chi connectivity index (χ4n) is 3.49. The van der Waals surface area contributed by atoms with Crippen molar-refractivity contribution in [3.8, 4) is 0 Å². The van der Waals surface area contributed by atoms with Gasteiger partial charge in [0.25, 0.3) is 5.91 Å². The number of aliphatic hydroxyl groups is 1. The predicted molar refractivity (Wildman–Crippen MR) is 91.5 cm³/mol. The van der Waals surface area contributed by atoms with Crippen molar-refractivity contribution >= 4 is 27.6 Å². The molecule has 1 aliphatic heterocycles. The van der Waals surface area contributed by atoms with Crippen LogP contribution in [0.5, 0.6) is 0 Å². The van der Waals surface area contributed by atoms with Gasteiger partial charge in [0, 0.05) is 30.6 Å². The molecule has 2 heterocycles. The zero-order valence-electron chi connectivity index (χ0n) is 13.0. The number of hydrogen-bond donors (Lipinski definition) is 2. The number of nitrogens with zero attached hydrogens (tertiary/aromatic N) is 1. The van der Waals surface area contributed by atoms with Gasteiger partial charge in [-0.25, -0.2) is 0 Å². The fourth-order valence-corrected chi connectivity index (χ4v) is 3.49. The number of nitrogens with one attached hydrogen (secondary N) is 1. The van der Waals surface area contributed by atoms with Crippen LogP contribution in [-0.4, -0.2) is 40.6 Å². The van der Waals surface area contributed by atoms with Gasteiger partial charge in [-0.3, -0.25) is 4.79 Å². The Bertz CT molecular complexity index is 860. The van der Waals surface area contributed by atoms with E-state index in [2.05, 4.69) is 23.2 Å². The van der Waals surface area contributed by atoms with Crippen LogP contribution in [0.1, 0.15) is 23.3 Å². The number of hydrogen-bond acceptors (Lipinski definition) is 2. The first-order valence-corrected chi connectivity index (χ1v) is 8.17. The molecule has 1 aromatic heterocycles. The Balaban J connectivity index is 1.67. The molecule has 4 rings (SSSR count). The van der Waals surface area contributed by atoms with E-state index in [1.807, 2.05) is 29.2 Å². The summed E-state index contributed by atoms with van der Waals surface area (Å²) in [5, 5.41) is 12.7. The number of H-pyrrole nitrogens is 1. The minimum absolute atomic E-state index is 0.0571. The Morgan fingerprint density at radius 1 is 1.13 bits per heavy atom. The van der Waals surface area contributed by atoms with Crippen molar-refractivity contribution in [3.63, 3.8) is 0 Å². The minimum atomic E-state index is 0.0571. The number of carbonyl (C=O) groups is 1. The van der Waals surface area contributed by atoms with Crippen LogP contribution in [0.25, 0.3) is 21.7 Å². The van der Waals surface area contributed by atoms with Gasteiger partial charge in [-0.2, -0.15) is 0 Å². The van der Waals surface area contributed by atoms with Crippen LogP contribution >= 0.6 is 0 Å². The van der Waals surface area contributed by atoms with E-state index in [4.69, 9.17) is 0 Å². The maximum atomic E-state index is 12.7. The van der Waals surface area contributed by atoms with Crippen LogP contribution in [-0.2, 0) is 0 Å². The number of rotatable bonds is 2. The lowest BCUT2D eigenvalue weighted by Crippen LogP contribution is -2.39. The molecule has 3 aromatic rings. The van der Waals surface area contributed by atoms with E-state index in [1.54, 1.807) is 0 Å². The van der Waals surface area contributed by atoms with Gasteiger partial charge in [0.2, 0.25) is 0 Å². The summed E-state index contributed by atoms with van der Waals surface area (Å²) in [6, 6.07) is 14.3. The summed E-state index contributed by atoms with van der Waals surface area (Å²) in [7, 11) is 0. The molecule has 0 atom stereocenters. The van der Waals surface area contributed by atoms with Crippen LogP contribution < -0.4 is 0 Å². The zero-order valence-corrected chi connectivity index (χ0v) is 13.0. The van der Waals surface area contributed by atoms with Gasteiger partial charge in [-0.15, -0.1) is 0 Å². The highest BCUT2D eigenvalue weighted by molar-refractivity contribution is 6.09. The average molecular weight is 308 g/mol. The van der Waals surface area contributed by atoms with Crippen molar-refractivity contribution in [2.45, 2.75) is 12.8 Å². The largest absolute Gasteiger partial charge is 0.396 e. The van der Waals surface area contributed by atoms with Gasteiger partial charge >= 0.3 is 0 Å². The molecule has 0 radical (unpaired) electrons. The topological polar surface area (TPSA) is 56.3 Å². The van der Waals surface area contributed by atoms with E-state index in [0.29, 0.717) is 11.6 Å². The summed E-state index contributed by atoms with van der Waals surface area (Å²) in [5.41, 5.74) is 1.65. The average Bonchev–Trinajstić information content (AvgIpc) is 3.06. The molecule has 4 heteroatoms. The lowest BCUT2D eigenvalue weighted by molar-refractivity contribution is 0.0646. The molecule has 2 aromatic carbocycles. The Kier molecular flexibility index (Phi) is 3.54. The van der Waals surface area contributed by atoms with Gasteiger partial charge in [0.15, 0.2) is 0 Å². The molecular weight excluding hydrogens is 288 g/mol. The van der Waals surface area contributed by atoms with E-state index < -0.39 is 0 Å². The SMILES string of the molecule is O=C(c1cc2c(ccc3ccccc32)[nH]1)N1CCC(CO)CC1. The van der Waals surface area contributed by atoms with Crippen LogP contribution in [0, 0.1) is 5.92 Å². The number of aliphatic hydroxyl groups excluding tert-OH is 1. The molecule has 0 saturated carbocycles. The zero-order chi connectivity index (χ0) is 15.8. The summed E-state index contributed by atoms with van der Waals surface area (Å²) in [6.07, 6.45) is 1.76. The molecule has 1 saturated heterocycles. The lowest BCUT2D eigenvalue weighted by atomic mass is 9.98. The molecule has 1 amide bonds. The molecule has 0 spiro atoms. The highest BCUT2D eigenvalue weighted by atomic mass is 16.3. The second-order valence-corrected chi connectivity index (χ2v) is 6.35. The summed E-state index contributed by atoms with van der Waals surface area (Å²) >= 11 is 0. The first-order valence-electron chi connectivity index (χ1n) is 8.17. The molecule has 118 valence electrons. The van der Waals surface area contributed by atoms with Crippen molar-refractivity contribution in [2.24, 2.45) is 5.92 Å². The second-order valence-electron chi connectivity index (χ2n) is 6.35. The quantitative estimate of drug-likeness (QED) is 0.764. The third kappa shape index (κ3) is 2.49. The van der Waals surface area contributed by atoms with Crippen LogP contribution in [0.15, 0.2) is 42.5 Å². The van der Waals surface area contributed by atoms with Crippen molar-refractivity contribution in [1.29, 1.82) is 0 Å². The Labute approximate surface area is 134 Å². The summed E-state index contributed by atoms with van der Waals surface area (Å²) < 4.78 is 0. The number of aromatic nitrogens is 1. The number of piperidine rings is 1. The summed E-state index contributed by atoms with van der Waals surface area (Å²) in [5.74, 6) is 0.396. The van der Waals surface area contributed by atoms with Crippen molar-refractivity contribution < 1.29 is 9.90 Å². The Hall–Kier alpha value is -2.33. The van der Waals surface area contributed by atoms with E-state index in [-0.39, 0.29) is 12.5 Å². The molecular formula is C19H20N2O2. The Morgan fingerprint density at radius 2 is 1.91 bits per heavy atom. The molecule has 0 aliphatic carbocycles. The molecule has 1 fully saturated rings. The number of carbonyl (C=O) groups excluding carboxylic acids is 1. The highest BCUT2D eigenvalue weighted by Crippen LogP contribution is 2.27. The van der Waals surface area contributed by atoms with E-state index in [0.717, 1.165) is 36.8 Å². The number of benzene rings is 2. The first-order chi connectivity index (χ1) is 11.3. The molecule has 0 bridgehead atoms. The fraction of sp³-hybridized carbons (Fsp3) is 0.316. The van der Waals surface area contributed by atoms with Crippen molar-refractivity contribution in [3.05, 3.63) is 48.2 Å². The standard InChI is InChI=1S/C19H20N2O2/c22-12-13-7-9-21(10-8-13)19(23)18-11-16-15-4-2-1-3-14(15)5-6-17(16)20-18/h1-6,11,13,20,22H,7-10,12H2. The van der Waals surface area contributed by atoms with Gasteiger partial charge in [-0.1, -0.05) is 30.3 Å². The normalized spacial score (nSPS) is 16.3. The summed E-state index contributed by atoms with van der Waals surface area (Å²) in [6.45, 7) is 1.67. The minimum Gasteiger partial charge on any atom is -0.396 e. The van der Waals surface area contributed by atoms with Gasteiger partial charge in [0.05, 0.1) is 0 Å². The molecule has 1 aliphatic rings. The number of fused-ring (bicyclic) bond motifs is 3. The predicted octanol–water partition coefficient (Wildman–Crippen LogP) is 3.17. The second kappa shape index (κ2) is 5.70.